The molecule has 0 aromatic carbocycles. The van der Waals surface area contributed by atoms with E-state index in [-0.39, 0.29) is 5.91 Å². The molecule has 136 valence electrons. The predicted molar refractivity (Wildman–Crippen MR) is 92.1 cm³/mol. The van der Waals surface area contributed by atoms with E-state index in [0.29, 0.717) is 42.8 Å². The molecule has 3 aromatic heterocycles. The highest BCUT2D eigenvalue weighted by molar-refractivity contribution is 5.76. The average Bonchev–Trinajstić information content (AvgIpc) is 3.40. The van der Waals surface area contributed by atoms with Gasteiger partial charge in [-0.1, -0.05) is 5.16 Å². The van der Waals surface area contributed by atoms with E-state index in [2.05, 4.69) is 15.1 Å². The van der Waals surface area contributed by atoms with Crippen LogP contribution in [-0.4, -0.2) is 43.6 Å². The Bertz CT molecular complexity index is 867. The molecule has 0 N–H and O–H groups in total. The largest absolute Gasteiger partial charge is 0.461 e. The Labute approximate surface area is 150 Å². The third kappa shape index (κ3) is 3.40. The minimum absolute atomic E-state index is 0.113. The zero-order chi connectivity index (χ0) is 17.9. The lowest BCUT2D eigenvalue weighted by molar-refractivity contribution is -0.132. The Balaban J connectivity index is 1.34. The van der Waals surface area contributed by atoms with Crippen LogP contribution in [0.15, 0.2) is 39.7 Å². The summed E-state index contributed by atoms with van der Waals surface area (Å²) in [5.74, 6) is 2.86. The number of aromatic nitrogens is 4. The number of aryl methyl sites for hydroxylation is 2. The molecule has 0 spiro atoms. The van der Waals surface area contributed by atoms with Gasteiger partial charge in [0.2, 0.25) is 17.6 Å². The molecule has 4 heterocycles. The van der Waals surface area contributed by atoms with Gasteiger partial charge in [0.05, 0.1) is 6.26 Å². The SMILES string of the molecule is Cn1ccnc1[C@@H]1CCCN(C(=O)CCc2nc(-c3ccco3)no2)C1. The van der Waals surface area contributed by atoms with Crippen LogP contribution in [0.5, 0.6) is 0 Å². The maximum atomic E-state index is 12.6. The first-order chi connectivity index (χ1) is 12.7. The lowest BCUT2D eigenvalue weighted by Crippen LogP contribution is -2.39. The minimum Gasteiger partial charge on any atom is -0.461 e. The Hall–Kier alpha value is -2.90. The molecule has 4 rings (SSSR count). The zero-order valence-electron chi connectivity index (χ0n) is 14.7. The van der Waals surface area contributed by atoms with Gasteiger partial charge in [0, 0.05) is 51.3 Å². The molecule has 8 nitrogen and oxygen atoms in total. The summed E-state index contributed by atoms with van der Waals surface area (Å²) in [6, 6.07) is 3.54. The average molecular weight is 355 g/mol. The van der Waals surface area contributed by atoms with Crippen molar-refractivity contribution in [3.8, 4) is 11.6 Å². The van der Waals surface area contributed by atoms with Crippen LogP contribution in [-0.2, 0) is 18.3 Å². The van der Waals surface area contributed by atoms with Gasteiger partial charge in [-0.05, 0) is 25.0 Å². The molecular weight excluding hydrogens is 334 g/mol. The van der Waals surface area contributed by atoms with Crippen molar-refractivity contribution in [1.82, 2.24) is 24.6 Å². The molecule has 26 heavy (non-hydrogen) atoms. The molecule has 0 bridgehead atoms. The van der Waals surface area contributed by atoms with Crippen LogP contribution in [0.2, 0.25) is 0 Å². The number of furan rings is 1. The standard InChI is InChI=1S/C18H21N5O3/c1-22-10-8-19-18(22)13-4-2-9-23(12-13)16(24)7-6-15-20-17(21-26-15)14-5-3-11-25-14/h3,5,8,10-11,13H,2,4,6-7,9,12H2,1H3/t13-/m1/s1. The monoisotopic (exact) mass is 355 g/mol. The van der Waals surface area contributed by atoms with Gasteiger partial charge in [0.25, 0.3) is 0 Å². The van der Waals surface area contributed by atoms with Crippen LogP contribution in [0.3, 0.4) is 0 Å². The van der Waals surface area contributed by atoms with Crippen molar-refractivity contribution in [3.05, 3.63) is 42.5 Å². The second kappa shape index (κ2) is 7.15. The number of carbonyl (C=O) groups excluding carboxylic acids is 1. The van der Waals surface area contributed by atoms with E-state index in [9.17, 15) is 4.79 Å². The smallest absolute Gasteiger partial charge is 0.238 e. The molecule has 1 amide bonds. The number of hydrogen-bond acceptors (Lipinski definition) is 6. The van der Waals surface area contributed by atoms with Gasteiger partial charge < -0.3 is 18.4 Å². The van der Waals surface area contributed by atoms with E-state index in [4.69, 9.17) is 8.94 Å². The van der Waals surface area contributed by atoms with Gasteiger partial charge in [0.1, 0.15) is 5.82 Å². The lowest BCUT2D eigenvalue weighted by Gasteiger charge is -2.32. The lowest BCUT2D eigenvalue weighted by atomic mass is 9.97. The topological polar surface area (TPSA) is 90.2 Å². The molecule has 0 radical (unpaired) electrons. The fraction of sp³-hybridized carbons (Fsp3) is 0.444. The first-order valence-corrected chi connectivity index (χ1v) is 8.82. The summed E-state index contributed by atoms with van der Waals surface area (Å²) < 4.78 is 12.5. The van der Waals surface area contributed by atoms with Gasteiger partial charge in [0.15, 0.2) is 5.76 Å². The normalized spacial score (nSPS) is 17.6. The van der Waals surface area contributed by atoms with Crippen molar-refractivity contribution in [2.75, 3.05) is 13.1 Å². The molecule has 1 atom stereocenters. The number of amides is 1. The van der Waals surface area contributed by atoms with Crippen LogP contribution in [0.1, 0.15) is 36.9 Å². The number of carbonyl (C=O) groups is 1. The van der Waals surface area contributed by atoms with E-state index in [1.54, 1.807) is 18.4 Å². The van der Waals surface area contributed by atoms with Crippen LogP contribution in [0, 0.1) is 0 Å². The fourth-order valence-electron chi connectivity index (χ4n) is 3.42. The summed E-state index contributed by atoms with van der Waals surface area (Å²) in [6.07, 6.45) is 8.15. The first-order valence-electron chi connectivity index (χ1n) is 8.82. The Kier molecular flexibility index (Phi) is 4.55. The number of imidazole rings is 1. The Morgan fingerprint density at radius 1 is 1.42 bits per heavy atom. The van der Waals surface area contributed by atoms with Crippen molar-refractivity contribution in [1.29, 1.82) is 0 Å². The van der Waals surface area contributed by atoms with Crippen LogP contribution in [0.4, 0.5) is 0 Å². The summed E-state index contributed by atoms with van der Waals surface area (Å²) in [4.78, 5) is 23.2. The van der Waals surface area contributed by atoms with Crippen molar-refractivity contribution in [2.24, 2.45) is 7.05 Å². The van der Waals surface area contributed by atoms with Crippen LogP contribution < -0.4 is 0 Å². The molecule has 1 aliphatic rings. The highest BCUT2D eigenvalue weighted by Crippen LogP contribution is 2.26. The van der Waals surface area contributed by atoms with E-state index in [1.807, 2.05) is 28.9 Å². The first kappa shape index (κ1) is 16.6. The van der Waals surface area contributed by atoms with Gasteiger partial charge >= 0.3 is 0 Å². The van der Waals surface area contributed by atoms with E-state index in [1.165, 1.54) is 0 Å². The summed E-state index contributed by atoms with van der Waals surface area (Å²) in [7, 11) is 2.00. The fourth-order valence-corrected chi connectivity index (χ4v) is 3.42. The van der Waals surface area contributed by atoms with E-state index >= 15 is 0 Å². The maximum Gasteiger partial charge on any atom is 0.238 e. The maximum absolute atomic E-state index is 12.6. The van der Waals surface area contributed by atoms with Crippen molar-refractivity contribution in [2.45, 2.75) is 31.6 Å². The van der Waals surface area contributed by atoms with Crippen LogP contribution in [0.25, 0.3) is 11.6 Å². The molecule has 0 aliphatic carbocycles. The number of rotatable bonds is 5. The Morgan fingerprint density at radius 3 is 3.12 bits per heavy atom. The second-order valence-corrected chi connectivity index (χ2v) is 6.56. The summed E-state index contributed by atoms with van der Waals surface area (Å²) in [5.41, 5.74) is 0. The summed E-state index contributed by atoms with van der Waals surface area (Å²) in [5, 5.41) is 3.89. The van der Waals surface area contributed by atoms with Crippen LogP contribution >= 0.6 is 0 Å². The minimum atomic E-state index is 0.113. The van der Waals surface area contributed by atoms with E-state index in [0.717, 1.165) is 25.2 Å². The Morgan fingerprint density at radius 2 is 2.35 bits per heavy atom. The highest BCUT2D eigenvalue weighted by atomic mass is 16.5. The third-order valence-corrected chi connectivity index (χ3v) is 4.76. The van der Waals surface area contributed by atoms with Gasteiger partial charge in [-0.3, -0.25) is 4.79 Å². The van der Waals surface area contributed by atoms with E-state index < -0.39 is 0 Å². The molecule has 0 saturated carbocycles. The van der Waals surface area contributed by atoms with Gasteiger partial charge in [-0.2, -0.15) is 4.98 Å². The number of likely N-dealkylation sites (tertiary alicyclic amines) is 1. The number of hydrogen-bond donors (Lipinski definition) is 0. The highest BCUT2D eigenvalue weighted by Gasteiger charge is 2.27. The zero-order valence-corrected chi connectivity index (χ0v) is 14.7. The molecule has 0 unspecified atom stereocenters. The number of nitrogens with zero attached hydrogens (tertiary/aromatic N) is 5. The third-order valence-electron chi connectivity index (χ3n) is 4.76. The number of piperidine rings is 1. The summed E-state index contributed by atoms with van der Waals surface area (Å²) in [6.45, 7) is 1.51. The quantitative estimate of drug-likeness (QED) is 0.698. The van der Waals surface area contributed by atoms with Crippen molar-refractivity contribution in [3.63, 3.8) is 0 Å². The molecule has 1 aliphatic heterocycles. The molecule has 1 fully saturated rings. The second-order valence-electron chi connectivity index (χ2n) is 6.56. The molecular formula is C18H21N5O3. The van der Waals surface area contributed by atoms with Gasteiger partial charge in [-0.25, -0.2) is 4.98 Å². The predicted octanol–water partition coefficient (Wildman–Crippen LogP) is 2.40. The molecule has 1 saturated heterocycles. The molecule has 8 heteroatoms. The molecule has 3 aromatic rings. The van der Waals surface area contributed by atoms with Crippen molar-refractivity contribution < 1.29 is 13.7 Å². The van der Waals surface area contributed by atoms with Crippen molar-refractivity contribution >= 4 is 5.91 Å². The summed E-state index contributed by atoms with van der Waals surface area (Å²) >= 11 is 0. The van der Waals surface area contributed by atoms with Gasteiger partial charge in [-0.15, -0.1) is 0 Å².